The van der Waals surface area contributed by atoms with Crippen LogP contribution in [0.15, 0.2) is 35.1 Å². The van der Waals surface area contributed by atoms with E-state index in [0.717, 1.165) is 12.2 Å². The molecule has 0 radical (unpaired) electrons. The zero-order chi connectivity index (χ0) is 9.31. The highest BCUT2D eigenvalue weighted by molar-refractivity contribution is 8.31. The van der Waals surface area contributed by atoms with Crippen LogP contribution in [0.4, 0.5) is 0 Å². The Labute approximate surface area is 76.2 Å². The Bertz CT molecular complexity index is 319. The Hall–Kier alpha value is -1.49. The monoisotopic (exact) mass is 198 g/mol. The summed E-state index contributed by atoms with van der Waals surface area (Å²) >= 11 is 0. The topological polar surface area (TPSA) is 52.6 Å². The van der Waals surface area contributed by atoms with Crippen LogP contribution in [0.3, 0.4) is 0 Å². The summed E-state index contributed by atoms with van der Waals surface area (Å²) in [6.07, 6.45) is 5.48. The normalized spacial score (nSPS) is 25.5. The highest BCUT2D eigenvalue weighted by atomic mass is 32.3. The van der Waals surface area contributed by atoms with E-state index in [1.165, 1.54) is 0 Å². The van der Waals surface area contributed by atoms with Gasteiger partial charge in [0.25, 0.3) is 0 Å². The summed E-state index contributed by atoms with van der Waals surface area (Å²) in [4.78, 5) is 22.0. The van der Waals surface area contributed by atoms with Crippen LogP contribution in [0.1, 0.15) is 0 Å². The molecular weight excluding hydrogens is 192 g/mol. The van der Waals surface area contributed by atoms with Gasteiger partial charge in [-0.1, -0.05) is 10.6 Å². The molecule has 0 aliphatic carbocycles. The Kier molecular flexibility index (Phi) is 1.73. The maximum absolute atomic E-state index is 11.0. The van der Waals surface area contributed by atoms with Crippen LogP contribution in [0.25, 0.3) is 0 Å². The van der Waals surface area contributed by atoms with Crippen molar-refractivity contribution in [2.75, 3.05) is 0 Å². The van der Waals surface area contributed by atoms with Gasteiger partial charge in [0.05, 0.1) is 0 Å². The molecule has 2 rings (SSSR count). The lowest BCUT2D eigenvalue weighted by Crippen LogP contribution is -2.06. The molecule has 0 aromatic heterocycles. The highest BCUT2D eigenvalue weighted by Gasteiger charge is 2.26. The van der Waals surface area contributed by atoms with Crippen LogP contribution in [0.2, 0.25) is 0 Å². The van der Waals surface area contributed by atoms with Gasteiger partial charge in [-0.15, -0.1) is 0 Å². The summed E-state index contributed by atoms with van der Waals surface area (Å²) in [5.74, 6) is -1.12. The van der Waals surface area contributed by atoms with Gasteiger partial charge in [-0.3, -0.25) is 0 Å². The predicted molar refractivity (Wildman–Crippen MR) is 47.2 cm³/mol. The lowest BCUT2D eigenvalue weighted by atomic mass is 10.5. The zero-order valence-electron chi connectivity index (χ0n) is 6.51. The molecule has 2 aliphatic heterocycles. The van der Waals surface area contributed by atoms with Gasteiger partial charge in [-0.05, 0) is 12.2 Å². The van der Waals surface area contributed by atoms with Gasteiger partial charge in [-0.25, -0.2) is 9.59 Å². The van der Waals surface area contributed by atoms with Gasteiger partial charge in [0.15, 0.2) is 0 Å². The molecule has 0 fully saturated rings. The molecule has 0 saturated carbocycles. The maximum Gasteiger partial charge on any atom is 0.354 e. The maximum atomic E-state index is 11.0. The minimum Gasteiger partial charge on any atom is -0.332 e. The minimum absolute atomic E-state index is 0.558. The molecular formula is C8H6O4S. The second-order valence-electron chi connectivity index (χ2n) is 2.38. The van der Waals surface area contributed by atoms with E-state index >= 15 is 0 Å². The molecule has 0 saturated heterocycles. The van der Waals surface area contributed by atoms with Gasteiger partial charge in [-0.2, -0.15) is 0 Å². The van der Waals surface area contributed by atoms with E-state index in [1.807, 2.05) is 0 Å². The fourth-order valence-corrected chi connectivity index (χ4v) is 2.52. The third kappa shape index (κ3) is 1.50. The third-order valence-corrected chi connectivity index (χ3v) is 3.35. The number of rotatable bonds is 0. The van der Waals surface area contributed by atoms with Gasteiger partial charge in [0.2, 0.25) is 0 Å². The standard InChI is InChI=1S/C8H6O4S/c9-7-3-4-8(10)12-13(11-7)5-1-2-6-13/h1-6H. The quantitative estimate of drug-likeness (QED) is 0.589. The first-order valence-electron chi connectivity index (χ1n) is 3.53. The Morgan fingerprint density at radius 3 is 1.85 bits per heavy atom. The second kappa shape index (κ2) is 2.77. The largest absolute Gasteiger partial charge is 0.354 e. The molecule has 1 spiro atoms. The lowest BCUT2D eigenvalue weighted by molar-refractivity contribution is -0.129. The molecule has 0 amide bonds. The average molecular weight is 198 g/mol. The fourth-order valence-electron chi connectivity index (χ4n) is 0.932. The van der Waals surface area contributed by atoms with Crippen molar-refractivity contribution in [3.05, 3.63) is 35.1 Å². The first-order valence-corrected chi connectivity index (χ1v) is 5.14. The molecule has 0 N–H and O–H groups in total. The van der Waals surface area contributed by atoms with Gasteiger partial charge >= 0.3 is 11.9 Å². The van der Waals surface area contributed by atoms with Gasteiger partial charge in [0, 0.05) is 23.0 Å². The van der Waals surface area contributed by atoms with Crippen LogP contribution in [-0.2, 0) is 18.0 Å². The number of carbonyl (C=O) groups is 2. The average Bonchev–Trinajstić information content (AvgIpc) is 2.43. The lowest BCUT2D eigenvalue weighted by Gasteiger charge is -2.31. The molecule has 2 aliphatic rings. The Balaban J connectivity index is 2.32. The zero-order valence-corrected chi connectivity index (χ0v) is 7.32. The predicted octanol–water partition coefficient (Wildman–Crippen LogP) is 1.32. The van der Waals surface area contributed by atoms with E-state index in [0.29, 0.717) is 0 Å². The molecule has 0 bridgehead atoms. The summed E-state index contributed by atoms with van der Waals surface area (Å²) in [7, 11) is -2.22. The fraction of sp³-hybridized carbons (Fsp3) is 0. The molecule has 0 aromatic carbocycles. The van der Waals surface area contributed by atoms with Crippen molar-refractivity contribution in [3.63, 3.8) is 0 Å². The van der Waals surface area contributed by atoms with Crippen molar-refractivity contribution in [1.29, 1.82) is 0 Å². The highest BCUT2D eigenvalue weighted by Crippen LogP contribution is 2.56. The first kappa shape index (κ1) is 8.12. The third-order valence-electron chi connectivity index (χ3n) is 1.43. The summed E-state index contributed by atoms with van der Waals surface area (Å²) in [5.41, 5.74) is 0. The summed E-state index contributed by atoms with van der Waals surface area (Å²) < 4.78 is 9.94. The SMILES string of the molecule is O=C1C=CC(=O)OS2(C=CC=C2)O1. The van der Waals surface area contributed by atoms with Gasteiger partial charge in [0.1, 0.15) is 0 Å². The van der Waals surface area contributed by atoms with Crippen molar-refractivity contribution >= 4 is 22.5 Å². The number of hydrogen-bond acceptors (Lipinski definition) is 4. The molecule has 4 nitrogen and oxygen atoms in total. The van der Waals surface area contributed by atoms with E-state index in [4.69, 9.17) is 8.37 Å². The summed E-state index contributed by atoms with van der Waals surface area (Å²) in [6, 6.07) is 0. The van der Waals surface area contributed by atoms with Crippen LogP contribution < -0.4 is 0 Å². The van der Waals surface area contributed by atoms with Crippen LogP contribution in [0, 0.1) is 0 Å². The van der Waals surface area contributed by atoms with Gasteiger partial charge < -0.3 is 8.37 Å². The van der Waals surface area contributed by atoms with Crippen LogP contribution in [0.5, 0.6) is 0 Å². The second-order valence-corrected chi connectivity index (χ2v) is 4.44. The number of allylic oxidation sites excluding steroid dienone is 2. The van der Waals surface area contributed by atoms with Crippen molar-refractivity contribution < 1.29 is 18.0 Å². The smallest absolute Gasteiger partial charge is 0.332 e. The molecule has 0 aromatic rings. The minimum atomic E-state index is -2.22. The van der Waals surface area contributed by atoms with Crippen molar-refractivity contribution in [2.24, 2.45) is 0 Å². The molecule has 2 heterocycles. The van der Waals surface area contributed by atoms with Crippen molar-refractivity contribution in [1.82, 2.24) is 0 Å². The van der Waals surface area contributed by atoms with Crippen LogP contribution in [-0.4, -0.2) is 11.9 Å². The van der Waals surface area contributed by atoms with E-state index in [9.17, 15) is 9.59 Å². The number of carbonyl (C=O) groups excluding carboxylic acids is 2. The summed E-state index contributed by atoms with van der Waals surface area (Å²) in [6.45, 7) is 0. The van der Waals surface area contributed by atoms with E-state index in [1.54, 1.807) is 23.0 Å². The number of hydrogen-bond donors (Lipinski definition) is 0. The first-order chi connectivity index (χ1) is 6.20. The Morgan fingerprint density at radius 1 is 0.923 bits per heavy atom. The molecule has 0 unspecified atom stereocenters. The summed E-state index contributed by atoms with van der Waals surface area (Å²) in [5, 5.41) is 3.16. The molecule has 5 heteroatoms. The Morgan fingerprint density at radius 2 is 1.38 bits per heavy atom. The van der Waals surface area contributed by atoms with Crippen molar-refractivity contribution in [2.45, 2.75) is 0 Å². The molecule has 68 valence electrons. The van der Waals surface area contributed by atoms with Crippen molar-refractivity contribution in [3.8, 4) is 0 Å². The molecule has 0 atom stereocenters. The van der Waals surface area contributed by atoms with E-state index < -0.39 is 22.5 Å². The molecule has 13 heavy (non-hydrogen) atoms. The van der Waals surface area contributed by atoms with E-state index in [-0.39, 0.29) is 0 Å². The van der Waals surface area contributed by atoms with E-state index in [2.05, 4.69) is 0 Å². The van der Waals surface area contributed by atoms with Crippen LogP contribution >= 0.6 is 10.6 Å².